The van der Waals surface area contributed by atoms with Crippen LogP contribution in [0.25, 0.3) is 0 Å². The first kappa shape index (κ1) is 23.0. The maximum atomic E-state index is 15.0. The van der Waals surface area contributed by atoms with Crippen LogP contribution in [0.1, 0.15) is 40.0 Å². The number of nitrogens with one attached hydrogen (secondary N) is 1. The molecule has 0 aliphatic heterocycles. The van der Waals surface area contributed by atoms with Crippen molar-refractivity contribution in [1.82, 2.24) is 5.32 Å². The second kappa shape index (κ2) is 10.9. The van der Waals surface area contributed by atoms with Crippen molar-refractivity contribution >= 4 is 23.2 Å². The Morgan fingerprint density at radius 3 is 2.46 bits per heavy atom. The van der Waals surface area contributed by atoms with E-state index in [1.54, 1.807) is 24.3 Å². The van der Waals surface area contributed by atoms with Crippen molar-refractivity contribution in [2.75, 3.05) is 0 Å². The Labute approximate surface area is 168 Å². The highest BCUT2D eigenvalue weighted by atomic mass is 35.5. The van der Waals surface area contributed by atoms with Crippen molar-refractivity contribution < 1.29 is 4.39 Å². The molecule has 26 heavy (non-hydrogen) atoms. The van der Waals surface area contributed by atoms with Gasteiger partial charge in [0.15, 0.2) is 0 Å². The molecule has 2 unspecified atom stereocenters. The maximum absolute atomic E-state index is 15.0. The summed E-state index contributed by atoms with van der Waals surface area (Å²) in [6, 6.07) is 0.495. The zero-order chi connectivity index (χ0) is 19.7. The van der Waals surface area contributed by atoms with Gasteiger partial charge in [0.05, 0.1) is 0 Å². The summed E-state index contributed by atoms with van der Waals surface area (Å²) in [5.74, 6) is -0.262. The standard InChI is InChI=1S/C22H30Cl2FN/c1-6-8-18(24)12-11-16(2)15-20(21(25)10-7-9-17(3)23)22(4,5)26-19-13-14-19/h6-12,16,19-20,26H,1,3,13-15H2,2,4-5H3/b9-7-,12-11-,18-8+,21-10-. The smallest absolute Gasteiger partial charge is 0.105 e. The number of rotatable bonds is 11. The molecule has 144 valence electrons. The zero-order valence-corrected chi connectivity index (χ0v) is 17.5. The largest absolute Gasteiger partial charge is 0.308 e. The monoisotopic (exact) mass is 397 g/mol. The van der Waals surface area contributed by atoms with Gasteiger partial charge < -0.3 is 5.32 Å². The topological polar surface area (TPSA) is 12.0 Å². The van der Waals surface area contributed by atoms with E-state index in [9.17, 15) is 4.39 Å². The van der Waals surface area contributed by atoms with E-state index in [1.165, 1.54) is 6.08 Å². The number of hydrogen-bond donors (Lipinski definition) is 1. The summed E-state index contributed by atoms with van der Waals surface area (Å²) in [5, 5.41) is 4.56. The van der Waals surface area contributed by atoms with Crippen LogP contribution in [0.15, 0.2) is 71.6 Å². The first-order chi connectivity index (χ1) is 12.2. The van der Waals surface area contributed by atoms with Crippen LogP contribution in [0.5, 0.6) is 0 Å². The molecule has 4 heteroatoms. The average Bonchev–Trinajstić information content (AvgIpc) is 3.33. The fourth-order valence-corrected chi connectivity index (χ4v) is 3.08. The number of hydrogen-bond acceptors (Lipinski definition) is 1. The van der Waals surface area contributed by atoms with Crippen molar-refractivity contribution in [2.24, 2.45) is 11.8 Å². The molecule has 0 radical (unpaired) electrons. The fourth-order valence-electron chi connectivity index (χ4n) is 2.84. The van der Waals surface area contributed by atoms with Gasteiger partial charge in [-0.3, -0.25) is 0 Å². The fraction of sp³-hybridized carbons (Fsp3) is 0.455. The van der Waals surface area contributed by atoms with Gasteiger partial charge in [0, 0.05) is 27.6 Å². The maximum Gasteiger partial charge on any atom is 0.105 e. The molecule has 0 aromatic rings. The third kappa shape index (κ3) is 9.02. The van der Waals surface area contributed by atoms with Gasteiger partial charge in [-0.2, -0.15) is 0 Å². The molecule has 1 fully saturated rings. The number of allylic oxidation sites excluding steroid dienone is 9. The van der Waals surface area contributed by atoms with E-state index < -0.39 is 0 Å². The normalized spacial score (nSPS) is 19.2. The van der Waals surface area contributed by atoms with Gasteiger partial charge in [-0.1, -0.05) is 61.5 Å². The van der Waals surface area contributed by atoms with Crippen LogP contribution in [0.2, 0.25) is 0 Å². The summed E-state index contributed by atoms with van der Waals surface area (Å²) in [5.41, 5.74) is -0.351. The second-order valence-electron chi connectivity index (χ2n) is 7.41. The minimum absolute atomic E-state index is 0.162. The van der Waals surface area contributed by atoms with Crippen molar-refractivity contribution in [1.29, 1.82) is 0 Å². The molecule has 1 nitrogen and oxygen atoms in total. The van der Waals surface area contributed by atoms with Gasteiger partial charge in [0.25, 0.3) is 0 Å². The van der Waals surface area contributed by atoms with Gasteiger partial charge in [-0.05, 0) is 63.3 Å². The van der Waals surface area contributed by atoms with Crippen molar-refractivity contribution in [2.45, 2.75) is 51.6 Å². The van der Waals surface area contributed by atoms with Gasteiger partial charge in [-0.25, -0.2) is 4.39 Å². The molecule has 0 bridgehead atoms. The van der Waals surface area contributed by atoms with Gasteiger partial charge >= 0.3 is 0 Å². The van der Waals surface area contributed by atoms with Crippen LogP contribution in [0.3, 0.4) is 0 Å². The summed E-state index contributed by atoms with van der Waals surface area (Å²) in [7, 11) is 0. The molecular formula is C22H30Cl2FN. The molecule has 1 aliphatic rings. The quantitative estimate of drug-likeness (QED) is 0.363. The Kier molecular flexibility index (Phi) is 9.63. The minimum Gasteiger partial charge on any atom is -0.308 e. The predicted octanol–water partition coefficient (Wildman–Crippen LogP) is 7.19. The van der Waals surface area contributed by atoms with E-state index in [0.29, 0.717) is 22.5 Å². The first-order valence-electron chi connectivity index (χ1n) is 8.98. The van der Waals surface area contributed by atoms with E-state index in [1.807, 2.05) is 12.2 Å². The molecule has 0 aromatic heterocycles. The Morgan fingerprint density at radius 1 is 1.27 bits per heavy atom. The highest BCUT2D eigenvalue weighted by molar-refractivity contribution is 6.31. The minimum atomic E-state index is -0.351. The summed E-state index contributed by atoms with van der Waals surface area (Å²) in [6.45, 7) is 13.4. The highest BCUT2D eigenvalue weighted by Crippen LogP contribution is 2.35. The van der Waals surface area contributed by atoms with Gasteiger partial charge in [0.2, 0.25) is 0 Å². The van der Waals surface area contributed by atoms with E-state index in [4.69, 9.17) is 23.2 Å². The lowest BCUT2D eigenvalue weighted by atomic mass is 9.79. The highest BCUT2D eigenvalue weighted by Gasteiger charge is 2.37. The van der Waals surface area contributed by atoms with Crippen LogP contribution in [-0.4, -0.2) is 11.6 Å². The molecule has 0 heterocycles. The van der Waals surface area contributed by atoms with E-state index in [-0.39, 0.29) is 23.2 Å². The van der Waals surface area contributed by atoms with Gasteiger partial charge in [0.1, 0.15) is 5.83 Å². The van der Waals surface area contributed by atoms with E-state index in [2.05, 4.69) is 39.2 Å². The zero-order valence-electron chi connectivity index (χ0n) is 15.9. The lowest BCUT2D eigenvalue weighted by Gasteiger charge is -2.36. The number of halogens is 3. The average molecular weight is 398 g/mol. The Hall–Kier alpha value is -1.09. The molecule has 1 aliphatic carbocycles. The molecule has 0 aromatic carbocycles. The molecule has 0 spiro atoms. The van der Waals surface area contributed by atoms with E-state index in [0.717, 1.165) is 12.8 Å². The van der Waals surface area contributed by atoms with Crippen molar-refractivity contribution in [3.63, 3.8) is 0 Å². The Balaban J connectivity index is 2.93. The molecule has 1 rings (SSSR count). The second-order valence-corrected chi connectivity index (χ2v) is 8.33. The molecule has 1 saturated carbocycles. The van der Waals surface area contributed by atoms with Crippen molar-refractivity contribution in [3.05, 3.63) is 71.6 Å². The van der Waals surface area contributed by atoms with Crippen LogP contribution >= 0.6 is 23.2 Å². The molecule has 0 amide bonds. The van der Waals surface area contributed by atoms with Crippen LogP contribution in [-0.2, 0) is 0 Å². The SMILES string of the molecule is C=C/C=C(Cl)\C=C/C(C)CC(/C(F)=C/C=C\C(=C)Cl)C(C)(C)NC1CC1. The lowest BCUT2D eigenvalue weighted by Crippen LogP contribution is -2.48. The molecule has 0 saturated heterocycles. The summed E-state index contributed by atoms with van der Waals surface area (Å²) < 4.78 is 15.0. The summed E-state index contributed by atoms with van der Waals surface area (Å²) in [6.07, 6.45) is 14.9. The van der Waals surface area contributed by atoms with Crippen LogP contribution in [0.4, 0.5) is 4.39 Å². The lowest BCUT2D eigenvalue weighted by molar-refractivity contribution is 0.225. The van der Waals surface area contributed by atoms with Gasteiger partial charge in [-0.15, -0.1) is 0 Å². The Morgan fingerprint density at radius 2 is 1.92 bits per heavy atom. The van der Waals surface area contributed by atoms with Crippen molar-refractivity contribution in [3.8, 4) is 0 Å². The predicted molar refractivity (Wildman–Crippen MR) is 114 cm³/mol. The molecule has 2 atom stereocenters. The third-order valence-electron chi connectivity index (χ3n) is 4.36. The van der Waals surface area contributed by atoms with E-state index >= 15 is 0 Å². The molecular weight excluding hydrogens is 368 g/mol. The first-order valence-corrected chi connectivity index (χ1v) is 9.73. The van der Waals surface area contributed by atoms with Crippen LogP contribution in [0, 0.1) is 11.8 Å². The molecule has 1 N–H and O–H groups in total. The van der Waals surface area contributed by atoms with Crippen LogP contribution < -0.4 is 5.32 Å². The Bertz CT molecular complexity index is 610. The summed E-state index contributed by atoms with van der Waals surface area (Å²) >= 11 is 11.8. The summed E-state index contributed by atoms with van der Waals surface area (Å²) in [4.78, 5) is 0. The third-order valence-corrected chi connectivity index (χ3v) is 4.74.